The van der Waals surface area contributed by atoms with Gasteiger partial charge in [-0.2, -0.15) is 0 Å². The van der Waals surface area contributed by atoms with Gasteiger partial charge in [0.25, 0.3) is 10.0 Å². The lowest BCUT2D eigenvalue weighted by atomic mass is 9.97. The molecule has 0 spiro atoms. The Kier molecular flexibility index (Phi) is 15.1. The predicted molar refractivity (Wildman–Crippen MR) is 229 cm³/mol. The molecule has 0 aliphatic carbocycles. The minimum absolute atomic E-state index is 0.154. The third-order valence-electron chi connectivity index (χ3n) is 8.93. The van der Waals surface area contributed by atoms with Gasteiger partial charge >= 0.3 is 5.97 Å². The number of nitrogens with zero attached hydrogens (tertiary/aromatic N) is 6. The SMILES string of the molecule is CC(C)c1nc(N(C)S(C)(=O)=O)nc(-c2ccc(F)cc2)c1/C=C/S(=O)(=O)N(C)c1nc(-c2ccc(F)cc2)c(/C=C/[C@@H](O)C[C@@H](O)CC(=O)OC(C)(C)C)c(C(C)C)n1. The second-order valence-electron chi connectivity index (χ2n) is 15.8. The second kappa shape index (κ2) is 19.0. The summed E-state index contributed by atoms with van der Waals surface area (Å²) in [6, 6.07) is 10.6. The van der Waals surface area contributed by atoms with Crippen LogP contribution < -0.4 is 8.61 Å². The molecular formula is C42H52F2N6O8S2. The van der Waals surface area contributed by atoms with Gasteiger partial charge in [-0.3, -0.25) is 4.79 Å². The van der Waals surface area contributed by atoms with Crippen molar-refractivity contribution in [3.8, 4) is 22.5 Å². The van der Waals surface area contributed by atoms with E-state index in [-0.39, 0.29) is 53.5 Å². The van der Waals surface area contributed by atoms with Gasteiger partial charge in [0, 0.05) is 42.8 Å². The van der Waals surface area contributed by atoms with Crippen LogP contribution in [0, 0.1) is 11.6 Å². The molecular weight excluding hydrogens is 819 g/mol. The maximum Gasteiger partial charge on any atom is 0.308 e. The monoisotopic (exact) mass is 870 g/mol. The average Bonchev–Trinajstić information content (AvgIpc) is 3.14. The molecule has 2 heterocycles. The largest absolute Gasteiger partial charge is 0.460 e. The molecule has 18 heteroatoms. The van der Waals surface area contributed by atoms with Crippen LogP contribution in [0.3, 0.4) is 0 Å². The minimum Gasteiger partial charge on any atom is -0.460 e. The van der Waals surface area contributed by atoms with Crippen LogP contribution in [0.4, 0.5) is 20.7 Å². The van der Waals surface area contributed by atoms with E-state index in [1.54, 1.807) is 34.6 Å². The normalized spacial score (nSPS) is 13.7. The molecule has 0 saturated heterocycles. The third-order valence-corrected chi connectivity index (χ3v) is 11.5. The lowest BCUT2D eigenvalue weighted by Gasteiger charge is -2.22. The molecule has 0 amide bonds. The van der Waals surface area contributed by atoms with Crippen molar-refractivity contribution in [1.82, 2.24) is 19.9 Å². The standard InChI is InChI=1S/C42H52F2N6O8S2/c1-25(2)36-33(20-19-31(51)23-32(52)24-35(53)58-42(5,6)7)38(27-11-15-29(43)16-12-27)48-41(46-36)50(9)60(56,57)22-21-34-37(26(3)4)45-40(49(8)59(10,54)55)47-39(34)28-13-17-30(44)18-14-28/h11-22,25-26,31-32,51-52H,23-24H2,1-10H3/b20-19+,22-21+/t31-,32-/m1/s1. The molecule has 0 aliphatic heterocycles. The number of hydrogen-bond acceptors (Lipinski definition) is 12. The Bertz CT molecular complexity index is 2460. The summed E-state index contributed by atoms with van der Waals surface area (Å²) < 4.78 is 88.4. The molecule has 4 aromatic rings. The topological polar surface area (TPSA) is 193 Å². The summed E-state index contributed by atoms with van der Waals surface area (Å²) in [5.74, 6) is -2.77. The van der Waals surface area contributed by atoms with E-state index in [1.807, 2.05) is 13.8 Å². The number of hydrogen-bond donors (Lipinski definition) is 2. The number of carbonyl (C=O) groups is 1. The van der Waals surface area contributed by atoms with Crippen molar-refractivity contribution in [3.63, 3.8) is 0 Å². The highest BCUT2D eigenvalue weighted by molar-refractivity contribution is 7.95. The maximum absolute atomic E-state index is 14.1. The van der Waals surface area contributed by atoms with Crippen molar-refractivity contribution < 1.29 is 45.4 Å². The van der Waals surface area contributed by atoms with Crippen LogP contribution in [-0.2, 0) is 29.6 Å². The highest BCUT2D eigenvalue weighted by Crippen LogP contribution is 2.34. The molecule has 2 atom stereocenters. The highest BCUT2D eigenvalue weighted by Gasteiger charge is 2.27. The Hall–Kier alpha value is -5.17. The maximum atomic E-state index is 14.1. The van der Waals surface area contributed by atoms with E-state index in [2.05, 4.69) is 19.9 Å². The van der Waals surface area contributed by atoms with Gasteiger partial charge in [-0.25, -0.2) is 54.2 Å². The Labute approximate surface area is 350 Å². The molecule has 0 radical (unpaired) electrons. The first-order valence-electron chi connectivity index (χ1n) is 19.0. The Morgan fingerprint density at radius 3 is 1.60 bits per heavy atom. The van der Waals surface area contributed by atoms with Gasteiger partial charge in [0.2, 0.25) is 21.9 Å². The Morgan fingerprint density at radius 1 is 0.750 bits per heavy atom. The molecule has 0 fully saturated rings. The molecule has 0 bridgehead atoms. The molecule has 0 aliphatic rings. The lowest BCUT2D eigenvalue weighted by molar-refractivity contribution is -0.157. The Morgan fingerprint density at radius 2 is 1.18 bits per heavy atom. The van der Waals surface area contributed by atoms with Crippen LogP contribution in [0.25, 0.3) is 34.7 Å². The van der Waals surface area contributed by atoms with E-state index in [9.17, 15) is 40.6 Å². The fourth-order valence-electron chi connectivity index (χ4n) is 5.83. The van der Waals surface area contributed by atoms with Crippen LogP contribution in [0.5, 0.6) is 0 Å². The first-order chi connectivity index (χ1) is 27.8. The fourth-order valence-corrected chi connectivity index (χ4v) is 7.00. The van der Waals surface area contributed by atoms with Crippen LogP contribution in [-0.4, -0.2) is 91.1 Å². The number of esters is 1. The second-order valence-corrected chi connectivity index (χ2v) is 19.7. The van der Waals surface area contributed by atoms with Crippen molar-refractivity contribution in [1.29, 1.82) is 0 Å². The van der Waals surface area contributed by atoms with Crippen molar-refractivity contribution in [2.75, 3.05) is 29.0 Å². The molecule has 0 saturated carbocycles. The van der Waals surface area contributed by atoms with Gasteiger partial charge in [-0.1, -0.05) is 39.8 Å². The summed E-state index contributed by atoms with van der Waals surface area (Å²) in [4.78, 5) is 30.5. The number of aliphatic hydroxyl groups is 2. The van der Waals surface area contributed by atoms with Gasteiger partial charge in [-0.15, -0.1) is 0 Å². The number of aromatic nitrogens is 4. The molecule has 0 unspecified atom stereocenters. The number of sulfonamides is 2. The highest BCUT2D eigenvalue weighted by atomic mass is 32.2. The summed E-state index contributed by atoms with van der Waals surface area (Å²) in [6.07, 6.45) is 2.22. The fraction of sp³-hybridized carbons (Fsp3) is 0.405. The summed E-state index contributed by atoms with van der Waals surface area (Å²) in [5, 5.41) is 22.3. The number of carbonyl (C=O) groups excluding carboxylic acids is 1. The zero-order valence-corrected chi connectivity index (χ0v) is 36.9. The smallest absolute Gasteiger partial charge is 0.308 e. The van der Waals surface area contributed by atoms with Crippen molar-refractivity contribution in [2.24, 2.45) is 0 Å². The van der Waals surface area contributed by atoms with Crippen LogP contribution in [0.15, 0.2) is 60.0 Å². The van der Waals surface area contributed by atoms with E-state index >= 15 is 0 Å². The van der Waals surface area contributed by atoms with E-state index in [4.69, 9.17) is 4.74 Å². The molecule has 4 rings (SSSR count). The molecule has 14 nitrogen and oxygen atoms in total. The molecule has 2 aromatic carbocycles. The van der Waals surface area contributed by atoms with Crippen molar-refractivity contribution in [3.05, 3.63) is 94.2 Å². The number of anilines is 2. The third kappa shape index (κ3) is 12.4. The van der Waals surface area contributed by atoms with Gasteiger partial charge in [0.1, 0.15) is 17.2 Å². The first kappa shape index (κ1) is 47.5. The number of benzene rings is 2. The summed E-state index contributed by atoms with van der Waals surface area (Å²) in [5.41, 5.74) is 1.73. The van der Waals surface area contributed by atoms with E-state index < -0.39 is 55.5 Å². The van der Waals surface area contributed by atoms with E-state index in [0.29, 0.717) is 28.1 Å². The molecule has 2 aromatic heterocycles. The number of ether oxygens (including phenoxy) is 1. The van der Waals surface area contributed by atoms with Crippen molar-refractivity contribution in [2.45, 2.75) is 91.0 Å². The zero-order chi connectivity index (χ0) is 44.9. The predicted octanol–water partition coefficient (Wildman–Crippen LogP) is 6.82. The molecule has 60 heavy (non-hydrogen) atoms. The minimum atomic E-state index is -4.41. The first-order valence-corrected chi connectivity index (χ1v) is 22.3. The lowest BCUT2D eigenvalue weighted by Crippen LogP contribution is -2.28. The quantitative estimate of drug-likeness (QED) is 0.112. The van der Waals surface area contributed by atoms with Crippen LogP contribution in [0.2, 0.25) is 0 Å². The average molecular weight is 871 g/mol. The van der Waals surface area contributed by atoms with E-state index in [1.165, 1.54) is 80.9 Å². The van der Waals surface area contributed by atoms with Gasteiger partial charge in [0.15, 0.2) is 0 Å². The van der Waals surface area contributed by atoms with Crippen molar-refractivity contribution >= 4 is 50.1 Å². The van der Waals surface area contributed by atoms with Crippen LogP contribution >= 0.6 is 0 Å². The van der Waals surface area contributed by atoms with Gasteiger partial charge in [0.05, 0.1) is 53.1 Å². The van der Waals surface area contributed by atoms with Crippen LogP contribution in [0.1, 0.15) is 95.7 Å². The van der Waals surface area contributed by atoms with Gasteiger partial charge in [-0.05, 0) is 87.2 Å². The van der Waals surface area contributed by atoms with E-state index in [0.717, 1.165) is 20.3 Å². The zero-order valence-electron chi connectivity index (χ0n) is 35.3. The summed E-state index contributed by atoms with van der Waals surface area (Å²) in [7, 11) is -5.67. The Balaban J connectivity index is 1.81. The number of halogens is 2. The molecule has 324 valence electrons. The van der Waals surface area contributed by atoms with Gasteiger partial charge < -0.3 is 14.9 Å². The number of rotatable bonds is 16. The molecule has 2 N–H and O–H groups in total. The summed E-state index contributed by atoms with van der Waals surface area (Å²) in [6.45, 7) is 12.3. The summed E-state index contributed by atoms with van der Waals surface area (Å²) >= 11 is 0. The number of aliphatic hydroxyl groups excluding tert-OH is 2.